The number of rotatable bonds is 4. The van der Waals surface area contributed by atoms with Crippen molar-refractivity contribution in [3.63, 3.8) is 0 Å². The molecule has 3 nitrogen and oxygen atoms in total. The van der Waals surface area contributed by atoms with Gasteiger partial charge < -0.3 is 11.1 Å². The Hall–Kier alpha value is -2.03. The first-order valence-corrected chi connectivity index (χ1v) is 6.16. The Morgan fingerprint density at radius 1 is 1.11 bits per heavy atom. The van der Waals surface area contributed by atoms with E-state index in [-0.39, 0.29) is 0 Å². The van der Waals surface area contributed by atoms with E-state index in [0.29, 0.717) is 0 Å². The van der Waals surface area contributed by atoms with Crippen LogP contribution in [0.1, 0.15) is 16.7 Å². The van der Waals surface area contributed by atoms with Gasteiger partial charge in [0, 0.05) is 18.9 Å². The molecule has 0 atom stereocenters. The second-order valence-electron chi connectivity index (χ2n) is 4.56. The maximum absolute atomic E-state index is 6.00. The van der Waals surface area contributed by atoms with E-state index in [1.807, 2.05) is 30.6 Å². The van der Waals surface area contributed by atoms with Crippen molar-refractivity contribution in [2.24, 2.45) is 0 Å². The van der Waals surface area contributed by atoms with Gasteiger partial charge in [-0.25, -0.2) is 0 Å². The van der Waals surface area contributed by atoms with Crippen LogP contribution in [0.2, 0.25) is 0 Å². The minimum atomic E-state index is 0.813. The smallest absolute Gasteiger partial charge is 0.0576 e. The molecule has 0 amide bonds. The fourth-order valence-corrected chi connectivity index (χ4v) is 1.88. The van der Waals surface area contributed by atoms with E-state index in [9.17, 15) is 0 Å². The number of nitrogen functional groups attached to an aromatic ring is 1. The summed E-state index contributed by atoms with van der Waals surface area (Å²) in [6.45, 7) is 5.05. The summed E-state index contributed by atoms with van der Waals surface area (Å²) in [5.41, 5.74) is 11.6. The molecule has 0 saturated heterocycles. The fourth-order valence-electron chi connectivity index (χ4n) is 1.88. The van der Waals surface area contributed by atoms with Gasteiger partial charge in [-0.2, -0.15) is 0 Å². The second-order valence-corrected chi connectivity index (χ2v) is 4.56. The Morgan fingerprint density at radius 3 is 2.50 bits per heavy atom. The van der Waals surface area contributed by atoms with E-state index >= 15 is 0 Å². The minimum Gasteiger partial charge on any atom is -0.397 e. The Morgan fingerprint density at radius 2 is 1.78 bits per heavy atom. The first-order chi connectivity index (χ1) is 8.66. The number of pyridine rings is 1. The number of nitrogens with two attached hydrogens (primary N) is 1. The van der Waals surface area contributed by atoms with E-state index in [4.69, 9.17) is 5.73 Å². The van der Waals surface area contributed by atoms with Gasteiger partial charge in [-0.15, -0.1) is 0 Å². The van der Waals surface area contributed by atoms with Gasteiger partial charge in [-0.05, 0) is 61.2 Å². The number of nitrogens with zero attached hydrogens (tertiary/aromatic N) is 1. The number of aromatic nitrogens is 1. The van der Waals surface area contributed by atoms with Crippen LogP contribution in [0, 0.1) is 13.8 Å². The van der Waals surface area contributed by atoms with Crippen LogP contribution < -0.4 is 11.1 Å². The molecule has 94 valence electrons. The van der Waals surface area contributed by atoms with Gasteiger partial charge >= 0.3 is 0 Å². The standard InChI is InChI=1S/C15H19N3/c1-11-9-14(16)15(10-12(11)2)18-8-5-13-3-6-17-7-4-13/h3-4,6-7,9-10,18H,5,8,16H2,1-2H3. The maximum Gasteiger partial charge on any atom is 0.0576 e. The summed E-state index contributed by atoms with van der Waals surface area (Å²) in [7, 11) is 0. The zero-order valence-corrected chi connectivity index (χ0v) is 10.9. The molecule has 2 aromatic rings. The van der Waals surface area contributed by atoms with Crippen LogP contribution in [0.25, 0.3) is 0 Å². The SMILES string of the molecule is Cc1cc(N)c(NCCc2ccncc2)cc1C. The lowest BCUT2D eigenvalue weighted by atomic mass is 10.1. The topological polar surface area (TPSA) is 50.9 Å². The highest BCUT2D eigenvalue weighted by molar-refractivity contribution is 5.68. The van der Waals surface area contributed by atoms with Gasteiger partial charge in [-0.3, -0.25) is 4.98 Å². The molecule has 0 unspecified atom stereocenters. The molecule has 0 saturated carbocycles. The zero-order valence-electron chi connectivity index (χ0n) is 10.9. The highest BCUT2D eigenvalue weighted by Crippen LogP contribution is 2.22. The number of nitrogens with one attached hydrogen (secondary N) is 1. The highest BCUT2D eigenvalue weighted by atomic mass is 14.9. The van der Waals surface area contributed by atoms with Gasteiger partial charge in [0.2, 0.25) is 0 Å². The molecule has 3 N–H and O–H groups in total. The molecule has 3 heteroatoms. The Balaban J connectivity index is 1.97. The van der Waals surface area contributed by atoms with Gasteiger partial charge in [0.05, 0.1) is 11.4 Å². The molecule has 0 aliphatic carbocycles. The molecular weight excluding hydrogens is 222 g/mol. The molecule has 1 heterocycles. The molecule has 1 aromatic carbocycles. The van der Waals surface area contributed by atoms with Crippen molar-refractivity contribution in [1.82, 2.24) is 4.98 Å². The number of benzene rings is 1. The number of aryl methyl sites for hydroxylation is 2. The number of hydrogen-bond acceptors (Lipinski definition) is 3. The first-order valence-electron chi connectivity index (χ1n) is 6.16. The maximum atomic E-state index is 6.00. The predicted octanol–water partition coefficient (Wildman–Crippen LogP) is 2.94. The van der Waals surface area contributed by atoms with Gasteiger partial charge in [0.15, 0.2) is 0 Å². The van der Waals surface area contributed by atoms with Crippen molar-refractivity contribution in [3.8, 4) is 0 Å². The molecule has 0 aliphatic heterocycles. The first kappa shape index (κ1) is 12.4. The van der Waals surface area contributed by atoms with E-state index < -0.39 is 0 Å². The monoisotopic (exact) mass is 241 g/mol. The fraction of sp³-hybridized carbons (Fsp3) is 0.267. The minimum absolute atomic E-state index is 0.813. The third kappa shape index (κ3) is 3.00. The molecule has 1 aromatic heterocycles. The Labute approximate surface area is 108 Å². The molecule has 0 fully saturated rings. The summed E-state index contributed by atoms with van der Waals surface area (Å²) in [5, 5.41) is 3.38. The molecule has 0 aliphatic rings. The van der Waals surface area contributed by atoms with Crippen LogP contribution >= 0.6 is 0 Å². The average Bonchev–Trinajstić information content (AvgIpc) is 2.37. The summed E-state index contributed by atoms with van der Waals surface area (Å²) in [4.78, 5) is 4.01. The van der Waals surface area contributed by atoms with Crippen LogP contribution in [0.15, 0.2) is 36.7 Å². The third-order valence-electron chi connectivity index (χ3n) is 3.14. The lowest BCUT2D eigenvalue weighted by Crippen LogP contribution is -2.07. The summed E-state index contributed by atoms with van der Waals surface area (Å²) in [5.74, 6) is 0. The van der Waals surface area contributed by atoms with Crippen molar-refractivity contribution in [2.45, 2.75) is 20.3 Å². The predicted molar refractivity (Wildman–Crippen MR) is 76.8 cm³/mol. The summed E-state index contributed by atoms with van der Waals surface area (Å²) in [6.07, 6.45) is 4.61. The van der Waals surface area contributed by atoms with E-state index in [2.05, 4.69) is 30.2 Å². The average molecular weight is 241 g/mol. The normalized spacial score (nSPS) is 10.3. The molecular formula is C15H19N3. The molecule has 2 rings (SSSR count). The van der Waals surface area contributed by atoms with E-state index in [1.165, 1.54) is 16.7 Å². The Kier molecular flexibility index (Phi) is 3.82. The highest BCUT2D eigenvalue weighted by Gasteiger charge is 2.02. The third-order valence-corrected chi connectivity index (χ3v) is 3.14. The lowest BCUT2D eigenvalue weighted by Gasteiger charge is -2.12. The van der Waals surface area contributed by atoms with E-state index in [1.54, 1.807) is 0 Å². The Bertz CT molecular complexity index is 521. The summed E-state index contributed by atoms with van der Waals surface area (Å²) >= 11 is 0. The van der Waals surface area contributed by atoms with Gasteiger partial charge in [-0.1, -0.05) is 0 Å². The van der Waals surface area contributed by atoms with Crippen LogP contribution in [0.4, 0.5) is 11.4 Å². The van der Waals surface area contributed by atoms with Crippen LogP contribution in [-0.4, -0.2) is 11.5 Å². The van der Waals surface area contributed by atoms with Gasteiger partial charge in [0.1, 0.15) is 0 Å². The van der Waals surface area contributed by atoms with Gasteiger partial charge in [0.25, 0.3) is 0 Å². The quantitative estimate of drug-likeness (QED) is 0.809. The zero-order chi connectivity index (χ0) is 13.0. The van der Waals surface area contributed by atoms with Crippen molar-refractivity contribution in [3.05, 3.63) is 53.3 Å². The summed E-state index contributed by atoms with van der Waals surface area (Å²) in [6, 6.07) is 8.19. The van der Waals surface area contributed by atoms with Crippen molar-refractivity contribution < 1.29 is 0 Å². The van der Waals surface area contributed by atoms with Crippen molar-refractivity contribution in [2.75, 3.05) is 17.6 Å². The van der Waals surface area contributed by atoms with Crippen LogP contribution in [0.3, 0.4) is 0 Å². The number of hydrogen-bond donors (Lipinski definition) is 2. The molecule has 0 spiro atoms. The van der Waals surface area contributed by atoms with E-state index in [0.717, 1.165) is 24.3 Å². The second kappa shape index (κ2) is 5.54. The number of anilines is 2. The molecule has 0 radical (unpaired) electrons. The summed E-state index contributed by atoms with van der Waals surface area (Å²) < 4.78 is 0. The van der Waals surface area contributed by atoms with Crippen molar-refractivity contribution in [1.29, 1.82) is 0 Å². The van der Waals surface area contributed by atoms with Crippen LogP contribution in [-0.2, 0) is 6.42 Å². The van der Waals surface area contributed by atoms with Crippen molar-refractivity contribution >= 4 is 11.4 Å². The molecule has 18 heavy (non-hydrogen) atoms. The molecule has 0 bridgehead atoms. The lowest BCUT2D eigenvalue weighted by molar-refractivity contribution is 1.01. The largest absolute Gasteiger partial charge is 0.397 e. The van der Waals surface area contributed by atoms with Crippen LogP contribution in [0.5, 0.6) is 0 Å².